The van der Waals surface area contributed by atoms with Crippen molar-refractivity contribution in [3.8, 4) is 16.9 Å². The number of nitrogen functional groups attached to an aromatic ring is 1. The van der Waals surface area contributed by atoms with Crippen LogP contribution >= 0.6 is 0 Å². The average molecular weight is 332 g/mol. The van der Waals surface area contributed by atoms with Crippen LogP contribution in [-0.4, -0.2) is 35.1 Å². The van der Waals surface area contributed by atoms with Crippen LogP contribution in [0.5, 0.6) is 5.75 Å². The highest BCUT2D eigenvalue weighted by Crippen LogP contribution is 2.26. The quantitative estimate of drug-likeness (QED) is 0.821. The molecule has 1 heterocycles. The van der Waals surface area contributed by atoms with Crippen molar-refractivity contribution >= 4 is 11.8 Å². The number of rotatable bonds is 5. The third-order valence-electron chi connectivity index (χ3n) is 3.14. The summed E-state index contributed by atoms with van der Waals surface area (Å²) < 4.78 is 12.2. The number of carbonyl (C=O) groups excluding carboxylic acids is 1. The van der Waals surface area contributed by atoms with Crippen LogP contribution in [0.4, 0.5) is 10.5 Å². The standard InChI is InChI=1S/C17H24N4O3/c1-17(2,3)24-16(22)19-5-6-21-11-13(10-20-21)12-7-14(18)9-15(8-12)23-4/h7-11H,5-6,18H2,1-4H3,(H,19,22). The third kappa shape index (κ3) is 5.19. The number of hydrogen-bond acceptors (Lipinski definition) is 5. The first kappa shape index (κ1) is 17.7. The lowest BCUT2D eigenvalue weighted by Gasteiger charge is -2.19. The van der Waals surface area contributed by atoms with Crippen molar-refractivity contribution in [3.05, 3.63) is 30.6 Å². The van der Waals surface area contributed by atoms with Crippen molar-refractivity contribution in [3.63, 3.8) is 0 Å². The molecular formula is C17H24N4O3. The molecule has 0 unspecified atom stereocenters. The number of alkyl carbamates (subject to hydrolysis) is 1. The first-order valence-electron chi connectivity index (χ1n) is 7.71. The number of amides is 1. The largest absolute Gasteiger partial charge is 0.497 e. The van der Waals surface area contributed by atoms with Gasteiger partial charge in [0.2, 0.25) is 0 Å². The molecule has 3 N–H and O–H groups in total. The molecule has 0 fully saturated rings. The Bertz CT molecular complexity index is 704. The molecule has 2 rings (SSSR count). The fourth-order valence-corrected chi connectivity index (χ4v) is 2.13. The molecule has 0 spiro atoms. The van der Waals surface area contributed by atoms with Crippen molar-refractivity contribution in [1.29, 1.82) is 0 Å². The number of nitrogens with one attached hydrogen (secondary N) is 1. The van der Waals surface area contributed by atoms with Crippen molar-refractivity contribution in [2.24, 2.45) is 0 Å². The van der Waals surface area contributed by atoms with Crippen molar-refractivity contribution in [1.82, 2.24) is 15.1 Å². The van der Waals surface area contributed by atoms with Crippen LogP contribution in [0.1, 0.15) is 20.8 Å². The Kier molecular flexibility index (Phi) is 5.33. The highest BCUT2D eigenvalue weighted by atomic mass is 16.6. The van der Waals surface area contributed by atoms with Gasteiger partial charge in [0.05, 0.1) is 19.9 Å². The molecule has 0 aliphatic carbocycles. The average Bonchev–Trinajstić information content (AvgIpc) is 2.93. The van der Waals surface area contributed by atoms with Gasteiger partial charge in [0.25, 0.3) is 0 Å². The van der Waals surface area contributed by atoms with E-state index < -0.39 is 11.7 Å². The molecule has 7 heteroatoms. The molecule has 0 saturated carbocycles. The Morgan fingerprint density at radius 2 is 2.04 bits per heavy atom. The normalized spacial score (nSPS) is 11.2. The fourth-order valence-electron chi connectivity index (χ4n) is 2.13. The van der Waals surface area contributed by atoms with E-state index in [4.69, 9.17) is 15.2 Å². The van der Waals surface area contributed by atoms with Gasteiger partial charge in [-0.1, -0.05) is 0 Å². The fraction of sp³-hybridized carbons (Fsp3) is 0.412. The molecule has 0 aliphatic heterocycles. The summed E-state index contributed by atoms with van der Waals surface area (Å²) in [4.78, 5) is 11.6. The summed E-state index contributed by atoms with van der Waals surface area (Å²) in [5.74, 6) is 0.698. The van der Waals surface area contributed by atoms with E-state index >= 15 is 0 Å². The Morgan fingerprint density at radius 3 is 2.71 bits per heavy atom. The predicted octanol–water partition coefficient (Wildman–Crippen LogP) is 2.67. The van der Waals surface area contributed by atoms with Gasteiger partial charge < -0.3 is 20.5 Å². The summed E-state index contributed by atoms with van der Waals surface area (Å²) >= 11 is 0. The zero-order chi connectivity index (χ0) is 17.7. The maximum Gasteiger partial charge on any atom is 0.407 e. The number of nitrogens with zero attached hydrogens (tertiary/aromatic N) is 2. The van der Waals surface area contributed by atoms with Gasteiger partial charge in [-0.2, -0.15) is 5.10 Å². The number of benzene rings is 1. The third-order valence-corrected chi connectivity index (χ3v) is 3.14. The number of ether oxygens (including phenoxy) is 2. The van der Waals surface area contributed by atoms with Crippen molar-refractivity contribution in [2.45, 2.75) is 32.9 Å². The second kappa shape index (κ2) is 7.25. The van der Waals surface area contributed by atoms with Crippen LogP contribution in [0.25, 0.3) is 11.1 Å². The van der Waals surface area contributed by atoms with Gasteiger partial charge >= 0.3 is 6.09 Å². The zero-order valence-corrected chi connectivity index (χ0v) is 14.5. The summed E-state index contributed by atoms with van der Waals surface area (Å²) in [6.07, 6.45) is 3.21. The van der Waals surface area contributed by atoms with E-state index in [2.05, 4.69) is 10.4 Å². The maximum atomic E-state index is 11.6. The van der Waals surface area contributed by atoms with E-state index in [1.165, 1.54) is 0 Å². The second-order valence-corrected chi connectivity index (χ2v) is 6.42. The van der Waals surface area contributed by atoms with E-state index in [-0.39, 0.29) is 0 Å². The maximum absolute atomic E-state index is 11.6. The molecule has 24 heavy (non-hydrogen) atoms. The van der Waals surface area contributed by atoms with Gasteiger partial charge in [-0.05, 0) is 38.5 Å². The lowest BCUT2D eigenvalue weighted by atomic mass is 10.1. The van der Waals surface area contributed by atoms with Crippen molar-refractivity contribution in [2.75, 3.05) is 19.4 Å². The minimum absolute atomic E-state index is 0.427. The Morgan fingerprint density at radius 1 is 1.29 bits per heavy atom. The van der Waals surface area contributed by atoms with Crippen LogP contribution in [0.15, 0.2) is 30.6 Å². The summed E-state index contributed by atoms with van der Waals surface area (Å²) in [5, 5.41) is 6.99. The minimum atomic E-state index is -0.505. The molecule has 0 aliphatic rings. The van der Waals surface area contributed by atoms with Gasteiger partial charge in [-0.3, -0.25) is 4.68 Å². The summed E-state index contributed by atoms with van der Waals surface area (Å²) in [6, 6.07) is 5.53. The smallest absolute Gasteiger partial charge is 0.407 e. The lowest BCUT2D eigenvalue weighted by molar-refractivity contribution is 0.0525. The molecule has 1 amide bonds. The van der Waals surface area contributed by atoms with Crippen LogP contribution < -0.4 is 15.8 Å². The molecule has 0 saturated heterocycles. The van der Waals surface area contributed by atoms with Crippen LogP contribution in [0.3, 0.4) is 0 Å². The molecule has 0 radical (unpaired) electrons. The van der Waals surface area contributed by atoms with E-state index in [0.29, 0.717) is 24.5 Å². The van der Waals surface area contributed by atoms with Crippen LogP contribution in [-0.2, 0) is 11.3 Å². The SMILES string of the molecule is COc1cc(N)cc(-c2cnn(CCNC(=O)OC(C)(C)C)c2)c1. The molecular weight excluding hydrogens is 308 g/mol. The molecule has 7 nitrogen and oxygen atoms in total. The molecule has 2 aromatic rings. The molecule has 0 bridgehead atoms. The summed E-state index contributed by atoms with van der Waals surface area (Å²) in [7, 11) is 1.60. The Hall–Kier alpha value is -2.70. The van der Waals surface area contributed by atoms with E-state index in [1.54, 1.807) is 24.1 Å². The topological polar surface area (TPSA) is 91.4 Å². The highest BCUT2D eigenvalue weighted by molar-refractivity contribution is 5.69. The number of carbonyl (C=O) groups is 1. The van der Waals surface area contributed by atoms with Crippen molar-refractivity contribution < 1.29 is 14.3 Å². The monoisotopic (exact) mass is 332 g/mol. The number of hydrogen-bond donors (Lipinski definition) is 2. The number of methoxy groups -OCH3 is 1. The van der Waals surface area contributed by atoms with Gasteiger partial charge in [0, 0.05) is 30.1 Å². The highest BCUT2D eigenvalue weighted by Gasteiger charge is 2.15. The first-order valence-corrected chi connectivity index (χ1v) is 7.71. The zero-order valence-electron chi connectivity index (χ0n) is 14.5. The van der Waals surface area contributed by atoms with Gasteiger partial charge in [0.1, 0.15) is 11.4 Å². The minimum Gasteiger partial charge on any atom is -0.497 e. The Labute approximate surface area is 141 Å². The van der Waals surface area contributed by atoms with Gasteiger partial charge in [0.15, 0.2) is 0 Å². The molecule has 1 aromatic carbocycles. The number of nitrogens with two attached hydrogens (primary N) is 1. The van der Waals surface area contributed by atoms with Crippen LogP contribution in [0, 0.1) is 0 Å². The molecule has 130 valence electrons. The van der Waals surface area contributed by atoms with E-state index in [0.717, 1.165) is 11.1 Å². The number of aromatic nitrogens is 2. The van der Waals surface area contributed by atoms with Gasteiger partial charge in [-0.25, -0.2) is 4.79 Å². The second-order valence-electron chi connectivity index (χ2n) is 6.42. The van der Waals surface area contributed by atoms with Gasteiger partial charge in [-0.15, -0.1) is 0 Å². The predicted molar refractivity (Wildman–Crippen MR) is 92.9 cm³/mol. The van der Waals surface area contributed by atoms with E-state index in [1.807, 2.05) is 39.1 Å². The van der Waals surface area contributed by atoms with E-state index in [9.17, 15) is 4.79 Å². The summed E-state index contributed by atoms with van der Waals surface area (Å²) in [6.45, 7) is 6.44. The lowest BCUT2D eigenvalue weighted by Crippen LogP contribution is -2.34. The Balaban J connectivity index is 1.94. The van der Waals surface area contributed by atoms with Crippen LogP contribution in [0.2, 0.25) is 0 Å². The molecule has 1 aromatic heterocycles. The first-order chi connectivity index (χ1) is 11.3. The summed E-state index contributed by atoms with van der Waals surface area (Å²) in [5.41, 5.74) is 7.86. The number of anilines is 1. The molecule has 0 atom stereocenters.